The number of hydrogen-bond donors (Lipinski definition) is 0. The summed E-state index contributed by atoms with van der Waals surface area (Å²) in [5, 5.41) is 15.2. The van der Waals surface area contributed by atoms with E-state index >= 15 is 0 Å². The molecule has 0 fully saturated rings. The molecule has 5 nitrogen and oxygen atoms in total. The Morgan fingerprint density at radius 3 is 2.47 bits per heavy atom. The highest BCUT2D eigenvalue weighted by Gasteiger charge is 2.65. The summed E-state index contributed by atoms with van der Waals surface area (Å²) >= 11 is 3.18. The summed E-state index contributed by atoms with van der Waals surface area (Å²) in [4.78, 5) is 16.1. The Kier molecular flexibility index (Phi) is 2.69. The first-order valence-corrected chi connectivity index (χ1v) is 5.84. The van der Waals surface area contributed by atoms with Crippen molar-refractivity contribution in [1.82, 2.24) is 0 Å². The van der Waals surface area contributed by atoms with E-state index in [1.54, 1.807) is 38.1 Å². The molecule has 0 saturated carbocycles. The van der Waals surface area contributed by atoms with Crippen LogP contribution in [0.15, 0.2) is 35.5 Å². The Hall–Kier alpha value is -1.43. The number of hydrogen-bond acceptors (Lipinski definition) is 4. The van der Waals surface area contributed by atoms with Crippen LogP contribution >= 0.6 is 15.9 Å². The van der Waals surface area contributed by atoms with E-state index in [9.17, 15) is 10.1 Å². The summed E-state index contributed by atoms with van der Waals surface area (Å²) in [6.07, 6.45) is 0. The number of alkyl halides is 1. The van der Waals surface area contributed by atoms with Crippen molar-refractivity contribution in [1.29, 1.82) is 0 Å². The smallest absolute Gasteiger partial charge is 0.360 e. The van der Waals surface area contributed by atoms with Crippen molar-refractivity contribution in [3.05, 3.63) is 46.0 Å². The van der Waals surface area contributed by atoms with Crippen molar-refractivity contribution in [2.45, 2.75) is 23.9 Å². The largest absolute Gasteiger partial charge is 0.380 e. The second-order valence-corrected chi connectivity index (χ2v) is 5.43. The minimum atomic E-state index is -1.53. The number of nitrogens with zero attached hydrogens (tertiary/aromatic N) is 2. The van der Waals surface area contributed by atoms with E-state index in [0.29, 0.717) is 5.56 Å². The molecule has 6 heteroatoms. The molecule has 2 rings (SSSR count). The molecule has 0 amide bonds. The van der Waals surface area contributed by atoms with Gasteiger partial charge in [0.2, 0.25) is 5.60 Å². The van der Waals surface area contributed by atoms with Gasteiger partial charge in [-0.2, -0.15) is 0 Å². The summed E-state index contributed by atoms with van der Waals surface area (Å²) in [6, 6.07) is 8.98. The lowest BCUT2D eigenvalue weighted by Crippen LogP contribution is -2.53. The van der Waals surface area contributed by atoms with Crippen LogP contribution in [0.3, 0.4) is 0 Å². The monoisotopic (exact) mass is 298 g/mol. The summed E-state index contributed by atoms with van der Waals surface area (Å²) in [5.41, 5.74) is -0.0819. The predicted octanol–water partition coefficient (Wildman–Crippen LogP) is 2.57. The fraction of sp³-hybridized carbons (Fsp3) is 0.364. The molecule has 1 heterocycles. The fourth-order valence-corrected chi connectivity index (χ4v) is 2.09. The van der Waals surface area contributed by atoms with Gasteiger partial charge in [-0.15, -0.1) is 0 Å². The molecular weight excluding hydrogens is 288 g/mol. The van der Waals surface area contributed by atoms with Crippen LogP contribution in [0, 0.1) is 10.1 Å². The molecule has 1 aliphatic rings. The van der Waals surface area contributed by atoms with Gasteiger partial charge in [0.15, 0.2) is 5.71 Å². The molecule has 0 radical (unpaired) electrons. The van der Waals surface area contributed by atoms with Crippen molar-refractivity contribution in [2.24, 2.45) is 5.16 Å². The van der Waals surface area contributed by atoms with Gasteiger partial charge in [-0.05, 0) is 13.8 Å². The Labute approximate surface area is 107 Å². The maximum atomic E-state index is 11.3. The summed E-state index contributed by atoms with van der Waals surface area (Å²) in [7, 11) is 0. The molecule has 0 spiro atoms. The maximum absolute atomic E-state index is 11.3. The van der Waals surface area contributed by atoms with Crippen LogP contribution in [0.1, 0.15) is 19.4 Å². The van der Waals surface area contributed by atoms with Crippen molar-refractivity contribution >= 4 is 21.6 Å². The standard InChI is InChI=1S/C11H11BrN2O3/c1-10(2)11(12,14(15)16)9(13-17-10)8-6-4-3-5-7-8/h3-7H,1-2H3/t11-/m1/s1. The first-order chi connectivity index (χ1) is 7.89. The Morgan fingerprint density at radius 1 is 1.35 bits per heavy atom. The minimum absolute atomic E-state index is 0.285. The lowest BCUT2D eigenvalue weighted by molar-refractivity contribution is -0.532. The molecule has 0 aliphatic carbocycles. The van der Waals surface area contributed by atoms with E-state index in [1.807, 2.05) is 6.07 Å². The Balaban J connectivity index is 2.53. The number of nitro groups is 1. The van der Waals surface area contributed by atoms with Gasteiger partial charge in [-0.25, -0.2) is 0 Å². The fourth-order valence-electron chi connectivity index (χ4n) is 1.71. The first kappa shape index (κ1) is 12.0. The molecule has 0 unspecified atom stereocenters. The Bertz CT molecular complexity index is 487. The van der Waals surface area contributed by atoms with E-state index in [-0.39, 0.29) is 5.71 Å². The SMILES string of the molecule is CC1(C)ON=C(c2ccccc2)[C@@]1(Br)[N+](=O)[O-]. The third-order valence-corrected chi connectivity index (χ3v) is 4.40. The highest BCUT2D eigenvalue weighted by molar-refractivity contribution is 9.10. The molecule has 17 heavy (non-hydrogen) atoms. The van der Waals surface area contributed by atoms with Crippen molar-refractivity contribution in [3.8, 4) is 0 Å². The zero-order valence-electron chi connectivity index (χ0n) is 9.38. The van der Waals surface area contributed by atoms with Gasteiger partial charge in [0.05, 0.1) is 0 Å². The van der Waals surface area contributed by atoms with Gasteiger partial charge < -0.3 is 4.84 Å². The van der Waals surface area contributed by atoms with Crippen LogP contribution in [0.25, 0.3) is 0 Å². The lowest BCUT2D eigenvalue weighted by Gasteiger charge is -2.25. The molecule has 0 aromatic heterocycles. The molecule has 0 saturated heterocycles. The lowest BCUT2D eigenvalue weighted by atomic mass is 9.92. The van der Waals surface area contributed by atoms with Crippen LogP contribution < -0.4 is 0 Å². The van der Waals surface area contributed by atoms with Gasteiger partial charge in [-0.3, -0.25) is 10.1 Å². The zero-order chi connectivity index (χ0) is 12.7. The summed E-state index contributed by atoms with van der Waals surface area (Å²) in [5.74, 6) is 0. The van der Waals surface area contributed by atoms with Crippen molar-refractivity contribution in [2.75, 3.05) is 0 Å². The quantitative estimate of drug-likeness (QED) is 0.365. The summed E-state index contributed by atoms with van der Waals surface area (Å²) in [6.45, 7) is 3.26. The van der Waals surface area contributed by atoms with Gasteiger partial charge in [-0.1, -0.05) is 35.5 Å². The predicted molar refractivity (Wildman–Crippen MR) is 66.8 cm³/mol. The van der Waals surface area contributed by atoms with Crippen LogP contribution in [0.2, 0.25) is 0 Å². The van der Waals surface area contributed by atoms with Gasteiger partial charge in [0.25, 0.3) is 0 Å². The number of benzene rings is 1. The van der Waals surface area contributed by atoms with E-state index in [2.05, 4.69) is 21.1 Å². The minimum Gasteiger partial charge on any atom is -0.380 e. The summed E-state index contributed by atoms with van der Waals surface area (Å²) < 4.78 is -1.53. The second-order valence-electron chi connectivity index (χ2n) is 4.29. The van der Waals surface area contributed by atoms with Crippen LogP contribution in [0.5, 0.6) is 0 Å². The van der Waals surface area contributed by atoms with Crippen LogP contribution in [-0.2, 0) is 4.84 Å². The van der Waals surface area contributed by atoms with Gasteiger partial charge in [0.1, 0.15) is 0 Å². The highest BCUT2D eigenvalue weighted by atomic mass is 79.9. The second kappa shape index (κ2) is 3.80. The molecule has 1 atom stereocenters. The molecule has 90 valence electrons. The first-order valence-electron chi connectivity index (χ1n) is 5.05. The number of oxime groups is 1. The normalized spacial score (nSPS) is 26.2. The van der Waals surface area contributed by atoms with Gasteiger partial charge >= 0.3 is 4.45 Å². The molecular formula is C11H11BrN2O3. The molecule has 1 aromatic carbocycles. The molecule has 0 bridgehead atoms. The zero-order valence-corrected chi connectivity index (χ0v) is 11.0. The van der Waals surface area contributed by atoms with Crippen molar-refractivity contribution in [3.63, 3.8) is 0 Å². The average Bonchev–Trinajstić information content (AvgIpc) is 2.53. The number of rotatable bonds is 2. The van der Waals surface area contributed by atoms with E-state index in [4.69, 9.17) is 4.84 Å². The van der Waals surface area contributed by atoms with Gasteiger partial charge in [0, 0.05) is 26.4 Å². The van der Waals surface area contributed by atoms with Crippen LogP contribution in [-0.4, -0.2) is 20.7 Å². The van der Waals surface area contributed by atoms with E-state index < -0.39 is 15.0 Å². The Morgan fingerprint density at radius 2 is 1.94 bits per heavy atom. The van der Waals surface area contributed by atoms with E-state index in [1.165, 1.54) is 0 Å². The van der Waals surface area contributed by atoms with Crippen LogP contribution in [0.4, 0.5) is 0 Å². The van der Waals surface area contributed by atoms with Crippen molar-refractivity contribution < 1.29 is 9.76 Å². The third kappa shape index (κ3) is 1.63. The molecule has 1 aliphatic heterocycles. The van der Waals surface area contributed by atoms with E-state index in [0.717, 1.165) is 0 Å². The average molecular weight is 299 g/mol. The third-order valence-electron chi connectivity index (χ3n) is 2.78. The number of halogens is 1. The highest BCUT2D eigenvalue weighted by Crippen LogP contribution is 2.43. The maximum Gasteiger partial charge on any atom is 0.360 e. The molecule has 0 N–H and O–H groups in total. The topological polar surface area (TPSA) is 64.7 Å². The molecule has 1 aromatic rings.